The standard InChI is InChI=1S/C15H24N2OS/c1-4-6-13-14(10-18)19-15(16-13)17(3)12-8-5-7-11(2)9-12/h10-12H,4-9H2,1-3H3. The Kier molecular flexibility index (Phi) is 4.97. The van der Waals surface area contributed by atoms with Crippen molar-refractivity contribution in [3.8, 4) is 0 Å². The zero-order chi connectivity index (χ0) is 13.8. The van der Waals surface area contributed by atoms with Crippen LogP contribution in [0.4, 0.5) is 5.13 Å². The molecular formula is C15H24N2OS. The smallest absolute Gasteiger partial charge is 0.186 e. The van der Waals surface area contributed by atoms with E-state index in [-0.39, 0.29) is 0 Å². The van der Waals surface area contributed by atoms with Crippen LogP contribution in [0.25, 0.3) is 0 Å². The van der Waals surface area contributed by atoms with Gasteiger partial charge in [0.1, 0.15) is 0 Å². The number of carbonyl (C=O) groups is 1. The van der Waals surface area contributed by atoms with Crippen LogP contribution in [-0.4, -0.2) is 24.4 Å². The highest BCUT2D eigenvalue weighted by atomic mass is 32.1. The van der Waals surface area contributed by atoms with E-state index in [2.05, 4.69) is 30.8 Å². The number of hydrogen-bond donors (Lipinski definition) is 0. The van der Waals surface area contributed by atoms with E-state index in [4.69, 9.17) is 0 Å². The number of aryl methyl sites for hydroxylation is 1. The number of nitrogens with zero attached hydrogens (tertiary/aromatic N) is 2. The van der Waals surface area contributed by atoms with Gasteiger partial charge in [0.05, 0.1) is 10.6 Å². The molecule has 1 aromatic rings. The van der Waals surface area contributed by atoms with Crippen LogP contribution < -0.4 is 4.90 Å². The fraction of sp³-hybridized carbons (Fsp3) is 0.733. The second kappa shape index (κ2) is 6.51. The molecule has 106 valence electrons. The maximum absolute atomic E-state index is 11.1. The third kappa shape index (κ3) is 3.35. The molecule has 0 radical (unpaired) electrons. The summed E-state index contributed by atoms with van der Waals surface area (Å²) in [4.78, 5) is 18.9. The van der Waals surface area contributed by atoms with Crippen molar-refractivity contribution in [2.75, 3.05) is 11.9 Å². The minimum atomic E-state index is 0.587. The van der Waals surface area contributed by atoms with Crippen LogP contribution in [0.3, 0.4) is 0 Å². The van der Waals surface area contributed by atoms with Gasteiger partial charge in [0.2, 0.25) is 0 Å². The van der Waals surface area contributed by atoms with Gasteiger partial charge in [0.25, 0.3) is 0 Å². The second-order valence-corrected chi connectivity index (χ2v) is 6.72. The molecule has 1 aliphatic rings. The number of anilines is 1. The Hall–Kier alpha value is -0.900. The monoisotopic (exact) mass is 280 g/mol. The number of hydrogen-bond acceptors (Lipinski definition) is 4. The van der Waals surface area contributed by atoms with Crippen molar-refractivity contribution in [3.05, 3.63) is 10.6 Å². The van der Waals surface area contributed by atoms with Gasteiger partial charge in [-0.25, -0.2) is 4.98 Å². The van der Waals surface area contributed by atoms with E-state index in [0.717, 1.165) is 40.7 Å². The molecule has 0 saturated heterocycles. The fourth-order valence-corrected chi connectivity index (χ4v) is 3.88. The lowest BCUT2D eigenvalue weighted by Gasteiger charge is -2.33. The van der Waals surface area contributed by atoms with Crippen LogP contribution in [0.15, 0.2) is 0 Å². The predicted octanol–water partition coefficient (Wildman–Crippen LogP) is 3.92. The SMILES string of the molecule is CCCc1nc(N(C)C2CCCC(C)C2)sc1C=O. The molecular weight excluding hydrogens is 256 g/mol. The summed E-state index contributed by atoms with van der Waals surface area (Å²) in [5.41, 5.74) is 0.980. The van der Waals surface area contributed by atoms with Crippen LogP contribution in [0.5, 0.6) is 0 Å². The largest absolute Gasteiger partial charge is 0.348 e. The Labute approximate surface area is 120 Å². The summed E-state index contributed by atoms with van der Waals surface area (Å²) in [6, 6.07) is 0.587. The molecule has 0 N–H and O–H groups in total. The van der Waals surface area contributed by atoms with Crippen LogP contribution in [0.1, 0.15) is 61.3 Å². The lowest BCUT2D eigenvalue weighted by Crippen LogP contribution is -2.35. The number of rotatable bonds is 5. The topological polar surface area (TPSA) is 33.2 Å². The quantitative estimate of drug-likeness (QED) is 0.766. The van der Waals surface area contributed by atoms with Crippen molar-refractivity contribution < 1.29 is 4.79 Å². The highest BCUT2D eigenvalue weighted by Crippen LogP contribution is 2.32. The maximum Gasteiger partial charge on any atom is 0.186 e. The van der Waals surface area contributed by atoms with Gasteiger partial charge in [0, 0.05) is 13.1 Å². The number of aldehydes is 1. The summed E-state index contributed by atoms with van der Waals surface area (Å²) in [5, 5.41) is 1.02. The average Bonchev–Trinajstić information content (AvgIpc) is 2.81. The summed E-state index contributed by atoms with van der Waals surface area (Å²) in [5.74, 6) is 0.807. The molecule has 4 heteroatoms. The molecule has 2 rings (SSSR count). The van der Waals surface area contributed by atoms with Gasteiger partial charge in [0.15, 0.2) is 11.4 Å². The molecule has 2 atom stereocenters. The van der Waals surface area contributed by atoms with Gasteiger partial charge in [-0.1, -0.05) is 44.4 Å². The predicted molar refractivity (Wildman–Crippen MR) is 81.3 cm³/mol. The Morgan fingerprint density at radius 1 is 1.47 bits per heavy atom. The fourth-order valence-electron chi connectivity index (χ4n) is 2.92. The molecule has 1 saturated carbocycles. The number of thiazole rings is 1. The van der Waals surface area contributed by atoms with E-state index in [1.165, 1.54) is 25.7 Å². The van der Waals surface area contributed by atoms with Gasteiger partial charge >= 0.3 is 0 Å². The number of aromatic nitrogens is 1. The van der Waals surface area contributed by atoms with Crippen molar-refractivity contribution in [3.63, 3.8) is 0 Å². The van der Waals surface area contributed by atoms with Crippen molar-refractivity contribution in [2.24, 2.45) is 5.92 Å². The molecule has 2 unspecified atom stereocenters. The van der Waals surface area contributed by atoms with E-state index in [9.17, 15) is 4.79 Å². The number of carbonyl (C=O) groups excluding carboxylic acids is 1. The molecule has 1 fully saturated rings. The Morgan fingerprint density at radius 2 is 2.26 bits per heavy atom. The summed E-state index contributed by atoms with van der Waals surface area (Å²) in [6.45, 7) is 4.46. The van der Waals surface area contributed by atoms with Crippen molar-refractivity contribution in [1.82, 2.24) is 4.98 Å². The first kappa shape index (κ1) is 14.5. The van der Waals surface area contributed by atoms with Crippen LogP contribution in [0, 0.1) is 5.92 Å². The van der Waals surface area contributed by atoms with Crippen molar-refractivity contribution >= 4 is 22.8 Å². The molecule has 0 bridgehead atoms. The molecule has 3 nitrogen and oxygen atoms in total. The second-order valence-electron chi connectivity index (χ2n) is 5.71. The molecule has 1 aliphatic carbocycles. The normalized spacial score (nSPS) is 23.3. The minimum absolute atomic E-state index is 0.587. The summed E-state index contributed by atoms with van der Waals surface area (Å²) in [7, 11) is 2.13. The van der Waals surface area contributed by atoms with Crippen LogP contribution in [0.2, 0.25) is 0 Å². The van der Waals surface area contributed by atoms with E-state index in [1.807, 2.05) is 0 Å². The molecule has 1 aromatic heterocycles. The Morgan fingerprint density at radius 3 is 2.89 bits per heavy atom. The van der Waals surface area contributed by atoms with Gasteiger partial charge in [-0.15, -0.1) is 0 Å². The van der Waals surface area contributed by atoms with Crippen LogP contribution in [-0.2, 0) is 6.42 Å². The Balaban J connectivity index is 2.13. The van der Waals surface area contributed by atoms with E-state index < -0.39 is 0 Å². The lowest BCUT2D eigenvalue weighted by atomic mass is 9.86. The zero-order valence-corrected chi connectivity index (χ0v) is 13.0. The first-order valence-corrected chi connectivity index (χ1v) is 8.15. The molecule has 1 heterocycles. The van der Waals surface area contributed by atoms with Gasteiger partial charge in [-0.05, 0) is 25.2 Å². The van der Waals surface area contributed by atoms with Crippen LogP contribution >= 0.6 is 11.3 Å². The first-order valence-electron chi connectivity index (χ1n) is 7.33. The average molecular weight is 280 g/mol. The summed E-state index contributed by atoms with van der Waals surface area (Å²) < 4.78 is 0. The van der Waals surface area contributed by atoms with Crippen molar-refractivity contribution in [1.29, 1.82) is 0 Å². The third-order valence-electron chi connectivity index (χ3n) is 4.07. The van der Waals surface area contributed by atoms with Gasteiger partial charge in [-0.3, -0.25) is 4.79 Å². The minimum Gasteiger partial charge on any atom is -0.348 e. The molecule has 0 aromatic carbocycles. The highest BCUT2D eigenvalue weighted by Gasteiger charge is 2.25. The first-order chi connectivity index (χ1) is 9.15. The molecule has 0 amide bonds. The highest BCUT2D eigenvalue weighted by molar-refractivity contribution is 7.17. The zero-order valence-electron chi connectivity index (χ0n) is 12.2. The van der Waals surface area contributed by atoms with Gasteiger partial charge < -0.3 is 4.90 Å². The van der Waals surface area contributed by atoms with Crippen molar-refractivity contribution in [2.45, 2.75) is 58.4 Å². The summed E-state index contributed by atoms with van der Waals surface area (Å²) in [6.07, 6.45) is 8.06. The molecule has 0 aliphatic heterocycles. The lowest BCUT2D eigenvalue weighted by molar-refractivity contribution is 0.112. The van der Waals surface area contributed by atoms with Gasteiger partial charge in [-0.2, -0.15) is 0 Å². The third-order valence-corrected chi connectivity index (χ3v) is 5.18. The molecule has 0 spiro atoms. The van der Waals surface area contributed by atoms with E-state index in [0.29, 0.717) is 6.04 Å². The van der Waals surface area contributed by atoms with E-state index in [1.54, 1.807) is 11.3 Å². The molecule has 19 heavy (non-hydrogen) atoms. The summed E-state index contributed by atoms with van der Waals surface area (Å²) >= 11 is 1.55. The van der Waals surface area contributed by atoms with E-state index >= 15 is 0 Å². The Bertz CT molecular complexity index is 430. The maximum atomic E-state index is 11.1.